The van der Waals surface area contributed by atoms with Crippen LogP contribution < -0.4 is 15.5 Å². The van der Waals surface area contributed by atoms with E-state index in [1.165, 1.54) is 0 Å². The van der Waals surface area contributed by atoms with Gasteiger partial charge in [0.25, 0.3) is 11.8 Å². The molecule has 1 saturated heterocycles. The molecule has 1 atom stereocenters. The number of nitrogens with one attached hydrogen (secondary N) is 2. The maximum absolute atomic E-state index is 12.4. The SMILES string of the molecule is Cc1cc(NC(=O)[C@@H](C)NC(=O)c2ccc(Cl)s2)ccc1N1CCOCC1=O. The molecular weight excluding hydrogens is 402 g/mol. The van der Waals surface area contributed by atoms with E-state index in [1.807, 2.05) is 6.92 Å². The first kappa shape index (κ1) is 20.3. The molecule has 2 aromatic rings. The van der Waals surface area contributed by atoms with Gasteiger partial charge in [-0.3, -0.25) is 14.4 Å². The molecule has 0 unspecified atom stereocenters. The number of carbonyl (C=O) groups is 3. The summed E-state index contributed by atoms with van der Waals surface area (Å²) in [5, 5.41) is 5.43. The lowest BCUT2D eigenvalue weighted by Crippen LogP contribution is -2.42. The van der Waals surface area contributed by atoms with Crippen molar-refractivity contribution in [3.8, 4) is 0 Å². The maximum Gasteiger partial charge on any atom is 0.262 e. The Morgan fingerprint density at radius 3 is 2.71 bits per heavy atom. The Kier molecular flexibility index (Phi) is 6.33. The van der Waals surface area contributed by atoms with E-state index in [-0.39, 0.29) is 24.3 Å². The molecule has 0 saturated carbocycles. The zero-order chi connectivity index (χ0) is 20.3. The van der Waals surface area contributed by atoms with Gasteiger partial charge in [0.2, 0.25) is 5.91 Å². The number of morpholine rings is 1. The van der Waals surface area contributed by atoms with E-state index < -0.39 is 6.04 Å². The predicted molar refractivity (Wildman–Crippen MR) is 109 cm³/mol. The summed E-state index contributed by atoms with van der Waals surface area (Å²) in [6, 6.07) is 7.84. The third-order valence-electron chi connectivity index (χ3n) is 4.28. The van der Waals surface area contributed by atoms with Gasteiger partial charge in [0.1, 0.15) is 12.6 Å². The Balaban J connectivity index is 1.62. The molecule has 3 rings (SSSR count). The molecule has 1 aliphatic heterocycles. The topological polar surface area (TPSA) is 87.7 Å². The van der Waals surface area contributed by atoms with E-state index in [9.17, 15) is 14.4 Å². The van der Waals surface area contributed by atoms with Crippen LogP contribution in [0.25, 0.3) is 0 Å². The summed E-state index contributed by atoms with van der Waals surface area (Å²) in [5.74, 6) is -0.779. The molecule has 3 amide bonds. The van der Waals surface area contributed by atoms with Gasteiger partial charge >= 0.3 is 0 Å². The first-order chi connectivity index (χ1) is 13.3. The van der Waals surface area contributed by atoms with Crippen LogP contribution in [0.2, 0.25) is 4.34 Å². The van der Waals surface area contributed by atoms with Crippen LogP contribution in [0.3, 0.4) is 0 Å². The second-order valence-corrected chi connectivity index (χ2v) is 8.10. The van der Waals surface area contributed by atoms with Crippen molar-refractivity contribution in [1.29, 1.82) is 0 Å². The number of rotatable bonds is 5. The van der Waals surface area contributed by atoms with Crippen LogP contribution in [0.4, 0.5) is 11.4 Å². The standard InChI is InChI=1S/C19H20ClN3O4S/c1-11-9-13(3-4-14(11)23-7-8-27-10-17(23)24)22-18(25)12(2)21-19(26)15-5-6-16(20)28-15/h3-6,9,12H,7-8,10H2,1-2H3,(H,21,26)(H,22,25)/t12-/m1/s1. The number of nitrogens with zero attached hydrogens (tertiary/aromatic N) is 1. The summed E-state index contributed by atoms with van der Waals surface area (Å²) in [5.41, 5.74) is 2.24. The molecule has 0 bridgehead atoms. The smallest absolute Gasteiger partial charge is 0.262 e. The lowest BCUT2D eigenvalue weighted by Gasteiger charge is -2.28. The van der Waals surface area contributed by atoms with Crippen LogP contribution in [0.15, 0.2) is 30.3 Å². The number of hydrogen-bond acceptors (Lipinski definition) is 5. The number of halogens is 1. The van der Waals surface area contributed by atoms with Gasteiger partial charge < -0.3 is 20.3 Å². The van der Waals surface area contributed by atoms with Crippen molar-refractivity contribution in [3.63, 3.8) is 0 Å². The number of ether oxygens (including phenoxy) is 1. The van der Waals surface area contributed by atoms with Crippen molar-refractivity contribution in [3.05, 3.63) is 45.1 Å². The van der Waals surface area contributed by atoms with E-state index in [0.717, 1.165) is 22.6 Å². The molecule has 1 fully saturated rings. The number of thiophene rings is 1. The van der Waals surface area contributed by atoms with Gasteiger partial charge in [-0.2, -0.15) is 0 Å². The highest BCUT2D eigenvalue weighted by Crippen LogP contribution is 2.25. The molecule has 1 aliphatic rings. The van der Waals surface area contributed by atoms with Crippen molar-refractivity contribution in [2.75, 3.05) is 30.0 Å². The first-order valence-corrected chi connectivity index (χ1v) is 9.90. The zero-order valence-corrected chi connectivity index (χ0v) is 17.0. The number of benzene rings is 1. The van der Waals surface area contributed by atoms with Gasteiger partial charge in [0.05, 0.1) is 15.8 Å². The van der Waals surface area contributed by atoms with Crippen LogP contribution in [0, 0.1) is 6.92 Å². The lowest BCUT2D eigenvalue weighted by molar-refractivity contribution is -0.125. The van der Waals surface area contributed by atoms with Crippen molar-refractivity contribution in [1.82, 2.24) is 5.32 Å². The summed E-state index contributed by atoms with van der Waals surface area (Å²) < 4.78 is 5.66. The van der Waals surface area contributed by atoms with Crippen molar-refractivity contribution >= 4 is 52.0 Å². The minimum absolute atomic E-state index is 0.0740. The van der Waals surface area contributed by atoms with E-state index in [4.69, 9.17) is 16.3 Å². The summed E-state index contributed by atoms with van der Waals surface area (Å²) in [7, 11) is 0. The summed E-state index contributed by atoms with van der Waals surface area (Å²) in [6.07, 6.45) is 0. The van der Waals surface area contributed by atoms with Crippen molar-refractivity contribution < 1.29 is 19.1 Å². The van der Waals surface area contributed by atoms with Gasteiger partial charge in [-0.25, -0.2) is 0 Å². The van der Waals surface area contributed by atoms with Gasteiger partial charge in [0, 0.05) is 17.9 Å². The zero-order valence-electron chi connectivity index (χ0n) is 15.5. The van der Waals surface area contributed by atoms with Crippen LogP contribution in [0.1, 0.15) is 22.2 Å². The highest BCUT2D eigenvalue weighted by Gasteiger charge is 2.22. The van der Waals surface area contributed by atoms with E-state index in [0.29, 0.717) is 28.1 Å². The molecule has 0 radical (unpaired) electrons. The van der Waals surface area contributed by atoms with Gasteiger partial charge in [-0.05, 0) is 49.7 Å². The monoisotopic (exact) mass is 421 g/mol. The number of carbonyl (C=O) groups excluding carboxylic acids is 3. The summed E-state index contributed by atoms with van der Waals surface area (Å²) in [4.78, 5) is 38.7. The molecule has 0 aliphatic carbocycles. The van der Waals surface area contributed by atoms with Gasteiger partial charge in [0.15, 0.2) is 0 Å². The first-order valence-electron chi connectivity index (χ1n) is 8.71. The van der Waals surface area contributed by atoms with Gasteiger partial charge in [-0.1, -0.05) is 11.6 Å². The van der Waals surface area contributed by atoms with E-state index in [1.54, 1.807) is 42.2 Å². The Morgan fingerprint density at radius 2 is 2.07 bits per heavy atom. The number of aryl methyl sites for hydroxylation is 1. The fraction of sp³-hybridized carbons (Fsp3) is 0.316. The lowest BCUT2D eigenvalue weighted by atomic mass is 10.1. The third-order valence-corrected chi connectivity index (χ3v) is 5.51. The van der Waals surface area contributed by atoms with E-state index >= 15 is 0 Å². The molecule has 9 heteroatoms. The molecule has 2 N–H and O–H groups in total. The molecule has 0 spiro atoms. The van der Waals surface area contributed by atoms with Crippen LogP contribution >= 0.6 is 22.9 Å². The van der Waals surface area contributed by atoms with Crippen molar-refractivity contribution in [2.24, 2.45) is 0 Å². The summed E-state index contributed by atoms with van der Waals surface area (Å²) >= 11 is 6.98. The predicted octanol–water partition coefficient (Wildman–Crippen LogP) is 2.83. The minimum atomic E-state index is -0.728. The highest BCUT2D eigenvalue weighted by molar-refractivity contribution is 7.18. The average Bonchev–Trinajstić information content (AvgIpc) is 3.09. The Morgan fingerprint density at radius 1 is 1.29 bits per heavy atom. The van der Waals surface area contributed by atoms with Gasteiger partial charge in [-0.15, -0.1) is 11.3 Å². The highest BCUT2D eigenvalue weighted by atomic mass is 35.5. The second kappa shape index (κ2) is 8.72. The molecule has 28 heavy (non-hydrogen) atoms. The third kappa shape index (κ3) is 4.70. The largest absolute Gasteiger partial charge is 0.370 e. The average molecular weight is 422 g/mol. The Labute approximate surface area is 171 Å². The maximum atomic E-state index is 12.4. The Hall–Kier alpha value is -2.42. The second-order valence-electron chi connectivity index (χ2n) is 6.39. The van der Waals surface area contributed by atoms with E-state index in [2.05, 4.69) is 10.6 Å². The van der Waals surface area contributed by atoms with Crippen LogP contribution in [-0.2, 0) is 14.3 Å². The quantitative estimate of drug-likeness (QED) is 0.777. The normalized spacial score (nSPS) is 15.2. The summed E-state index contributed by atoms with van der Waals surface area (Å²) in [6.45, 7) is 4.55. The number of anilines is 2. The molecule has 7 nitrogen and oxygen atoms in total. The molecule has 2 heterocycles. The molecular formula is C19H20ClN3O4S. The fourth-order valence-electron chi connectivity index (χ4n) is 2.83. The van der Waals surface area contributed by atoms with Crippen molar-refractivity contribution in [2.45, 2.75) is 19.9 Å². The molecule has 1 aromatic heterocycles. The number of amides is 3. The molecule has 148 valence electrons. The number of hydrogen-bond donors (Lipinski definition) is 2. The molecule has 1 aromatic carbocycles. The van der Waals surface area contributed by atoms with Crippen LogP contribution in [-0.4, -0.2) is 43.5 Å². The van der Waals surface area contributed by atoms with Crippen LogP contribution in [0.5, 0.6) is 0 Å². The fourth-order valence-corrected chi connectivity index (χ4v) is 3.78. The minimum Gasteiger partial charge on any atom is -0.370 e. The Bertz CT molecular complexity index is 914.